The standard InChI is InChI=1S/C30H33ClN4O6S2/c1-19-26(43-28(32-19)34-27(38)20-8-6-5-7-9-20)22-18-42-29(33-22)35(23-16-21(31)10-11-24(23)36)12-13-39-14-15-40-17-25(37)41-30(2,3)4/h5-11,16,18,36H,12-15,17H2,1-4H3,(H,32,34,38). The van der Waals surface area contributed by atoms with E-state index in [0.29, 0.717) is 38.8 Å². The largest absolute Gasteiger partial charge is 0.506 e. The van der Waals surface area contributed by atoms with E-state index in [2.05, 4.69) is 10.3 Å². The lowest BCUT2D eigenvalue weighted by Gasteiger charge is -2.23. The number of ether oxygens (including phenoxy) is 3. The molecule has 0 spiro atoms. The number of phenols is 1. The van der Waals surface area contributed by atoms with E-state index >= 15 is 0 Å². The highest BCUT2D eigenvalue weighted by atomic mass is 35.5. The average Bonchev–Trinajstić information content (AvgIpc) is 3.57. The van der Waals surface area contributed by atoms with Gasteiger partial charge in [0.1, 0.15) is 18.0 Å². The quantitative estimate of drug-likeness (QED) is 0.121. The van der Waals surface area contributed by atoms with E-state index in [-0.39, 0.29) is 38.1 Å². The molecule has 2 aromatic heterocycles. The Balaban J connectivity index is 1.41. The van der Waals surface area contributed by atoms with Crippen molar-refractivity contribution in [3.05, 3.63) is 70.2 Å². The first-order valence-corrected chi connectivity index (χ1v) is 15.5. The van der Waals surface area contributed by atoms with Crippen LogP contribution >= 0.6 is 34.3 Å². The maximum atomic E-state index is 12.6. The third kappa shape index (κ3) is 9.47. The second-order valence-corrected chi connectivity index (χ2v) is 12.6. The summed E-state index contributed by atoms with van der Waals surface area (Å²) in [5.41, 5.74) is 1.88. The van der Waals surface area contributed by atoms with Crippen molar-refractivity contribution in [2.45, 2.75) is 33.3 Å². The van der Waals surface area contributed by atoms with Gasteiger partial charge in [0.05, 0.1) is 41.8 Å². The number of hydrogen-bond acceptors (Lipinski definition) is 11. The minimum atomic E-state index is -0.568. The molecular weight excluding hydrogens is 612 g/mol. The van der Waals surface area contributed by atoms with Crippen LogP contribution in [0.15, 0.2) is 53.9 Å². The maximum Gasteiger partial charge on any atom is 0.332 e. The number of benzene rings is 2. The Morgan fingerprint density at radius 2 is 1.79 bits per heavy atom. The van der Waals surface area contributed by atoms with Gasteiger partial charge in [-0.15, -0.1) is 11.3 Å². The Morgan fingerprint density at radius 3 is 2.53 bits per heavy atom. The van der Waals surface area contributed by atoms with Gasteiger partial charge >= 0.3 is 5.97 Å². The number of amides is 1. The van der Waals surface area contributed by atoms with Crippen LogP contribution in [0.2, 0.25) is 5.02 Å². The molecule has 0 atom stereocenters. The molecule has 0 aliphatic carbocycles. The van der Waals surface area contributed by atoms with Crippen molar-refractivity contribution in [3.8, 4) is 16.3 Å². The van der Waals surface area contributed by atoms with Crippen LogP contribution in [0.5, 0.6) is 5.75 Å². The Morgan fingerprint density at radius 1 is 1.05 bits per heavy atom. The van der Waals surface area contributed by atoms with Crippen LogP contribution in [0, 0.1) is 6.92 Å². The Hall–Kier alpha value is -3.55. The summed E-state index contributed by atoms with van der Waals surface area (Å²) in [6.07, 6.45) is 0. The van der Waals surface area contributed by atoms with Crippen LogP contribution in [0.25, 0.3) is 10.6 Å². The first kappa shape index (κ1) is 32.4. The third-order valence-corrected chi connectivity index (χ3v) is 7.90. The summed E-state index contributed by atoms with van der Waals surface area (Å²) < 4.78 is 16.3. The van der Waals surface area contributed by atoms with Gasteiger partial charge < -0.3 is 24.2 Å². The minimum Gasteiger partial charge on any atom is -0.506 e. The van der Waals surface area contributed by atoms with E-state index < -0.39 is 11.6 Å². The van der Waals surface area contributed by atoms with Gasteiger partial charge in [0.25, 0.3) is 5.91 Å². The molecule has 2 N–H and O–H groups in total. The van der Waals surface area contributed by atoms with Crippen molar-refractivity contribution in [3.63, 3.8) is 0 Å². The van der Waals surface area contributed by atoms with Crippen LogP contribution in [0.3, 0.4) is 0 Å². The summed E-state index contributed by atoms with van der Waals surface area (Å²) in [6.45, 7) is 8.22. The summed E-state index contributed by atoms with van der Waals surface area (Å²) in [4.78, 5) is 36.4. The van der Waals surface area contributed by atoms with Crippen LogP contribution < -0.4 is 10.2 Å². The zero-order valence-electron chi connectivity index (χ0n) is 24.3. The van der Waals surface area contributed by atoms with Gasteiger partial charge in [-0.25, -0.2) is 14.8 Å². The van der Waals surface area contributed by atoms with Gasteiger partial charge in [-0.3, -0.25) is 10.1 Å². The lowest BCUT2D eigenvalue weighted by molar-refractivity contribution is -0.160. The number of esters is 1. The lowest BCUT2D eigenvalue weighted by Crippen LogP contribution is -2.27. The number of anilines is 3. The number of aromatic hydroxyl groups is 1. The molecule has 0 unspecified atom stereocenters. The molecule has 0 aliphatic rings. The Bertz CT molecular complexity index is 1540. The highest BCUT2D eigenvalue weighted by Gasteiger charge is 2.21. The molecule has 0 saturated carbocycles. The first-order chi connectivity index (χ1) is 20.5. The molecular formula is C30H33ClN4O6S2. The zero-order chi connectivity index (χ0) is 31.0. The van der Waals surface area contributed by atoms with Crippen LogP contribution in [-0.4, -0.2) is 65.5 Å². The van der Waals surface area contributed by atoms with E-state index in [1.807, 2.05) is 23.3 Å². The van der Waals surface area contributed by atoms with E-state index in [1.165, 1.54) is 28.7 Å². The number of aromatic nitrogens is 2. The average molecular weight is 645 g/mol. The van der Waals surface area contributed by atoms with Crippen molar-refractivity contribution >= 4 is 62.1 Å². The number of nitrogens with zero attached hydrogens (tertiary/aromatic N) is 3. The molecule has 0 saturated heterocycles. The molecule has 10 nitrogen and oxygen atoms in total. The summed E-state index contributed by atoms with van der Waals surface area (Å²) in [5, 5.41) is 16.9. The monoisotopic (exact) mass is 644 g/mol. The van der Waals surface area contributed by atoms with E-state index in [4.69, 9.17) is 30.8 Å². The van der Waals surface area contributed by atoms with Crippen molar-refractivity contribution in [2.75, 3.05) is 43.2 Å². The number of rotatable bonds is 13. The third-order valence-electron chi connectivity index (χ3n) is 5.71. The summed E-state index contributed by atoms with van der Waals surface area (Å²) in [7, 11) is 0. The molecule has 13 heteroatoms. The molecule has 1 amide bonds. The number of halogens is 1. The Kier molecular flexibility index (Phi) is 11.1. The number of hydrogen-bond donors (Lipinski definition) is 2. The molecule has 43 heavy (non-hydrogen) atoms. The fourth-order valence-electron chi connectivity index (χ4n) is 3.87. The predicted molar refractivity (Wildman–Crippen MR) is 170 cm³/mol. The molecule has 0 aliphatic heterocycles. The molecule has 2 heterocycles. The fraction of sp³-hybridized carbons (Fsp3) is 0.333. The van der Waals surface area contributed by atoms with Gasteiger partial charge in [0.15, 0.2) is 10.3 Å². The van der Waals surface area contributed by atoms with Gasteiger partial charge in [-0.2, -0.15) is 0 Å². The molecule has 4 rings (SSSR count). The second-order valence-electron chi connectivity index (χ2n) is 10.3. The van der Waals surface area contributed by atoms with Gasteiger partial charge in [0.2, 0.25) is 0 Å². The van der Waals surface area contributed by atoms with Crippen LogP contribution in [0.1, 0.15) is 36.8 Å². The van der Waals surface area contributed by atoms with Crippen molar-refractivity contribution in [1.82, 2.24) is 9.97 Å². The number of nitrogens with one attached hydrogen (secondary N) is 1. The summed E-state index contributed by atoms with van der Waals surface area (Å²) in [5.74, 6) is -0.629. The second kappa shape index (κ2) is 14.8. The van der Waals surface area contributed by atoms with E-state index in [9.17, 15) is 14.7 Å². The zero-order valence-corrected chi connectivity index (χ0v) is 26.6. The molecule has 2 aromatic carbocycles. The number of aryl methyl sites for hydroxylation is 1. The maximum absolute atomic E-state index is 12.6. The number of thiazole rings is 2. The smallest absolute Gasteiger partial charge is 0.332 e. The topological polar surface area (TPSA) is 123 Å². The normalized spacial score (nSPS) is 11.4. The highest BCUT2D eigenvalue weighted by molar-refractivity contribution is 7.20. The van der Waals surface area contributed by atoms with Crippen molar-refractivity contribution < 1.29 is 28.9 Å². The lowest BCUT2D eigenvalue weighted by atomic mass is 10.2. The number of carbonyl (C=O) groups is 2. The molecule has 0 radical (unpaired) electrons. The first-order valence-electron chi connectivity index (χ1n) is 13.4. The SMILES string of the molecule is Cc1nc(NC(=O)c2ccccc2)sc1-c1csc(N(CCOCCOCC(=O)OC(C)(C)C)c2cc(Cl)ccc2O)n1. The van der Waals surface area contributed by atoms with E-state index in [0.717, 1.165) is 10.6 Å². The van der Waals surface area contributed by atoms with Crippen LogP contribution in [0.4, 0.5) is 16.0 Å². The molecule has 0 fully saturated rings. The number of carbonyl (C=O) groups excluding carboxylic acids is 2. The summed E-state index contributed by atoms with van der Waals surface area (Å²) in [6, 6.07) is 13.7. The van der Waals surface area contributed by atoms with E-state index in [1.54, 1.807) is 57.2 Å². The fourth-order valence-corrected chi connectivity index (χ4v) is 5.89. The molecule has 228 valence electrons. The van der Waals surface area contributed by atoms with Gasteiger partial charge in [0, 0.05) is 22.5 Å². The van der Waals surface area contributed by atoms with Gasteiger partial charge in [-0.1, -0.05) is 41.1 Å². The van der Waals surface area contributed by atoms with Crippen LogP contribution in [-0.2, 0) is 19.0 Å². The minimum absolute atomic E-state index is 0.0433. The molecule has 0 bridgehead atoms. The molecule has 4 aromatic rings. The predicted octanol–water partition coefficient (Wildman–Crippen LogP) is 6.70. The van der Waals surface area contributed by atoms with Crippen molar-refractivity contribution in [2.24, 2.45) is 0 Å². The van der Waals surface area contributed by atoms with Gasteiger partial charge in [-0.05, 0) is 58.0 Å². The Labute approximate surface area is 263 Å². The summed E-state index contributed by atoms with van der Waals surface area (Å²) >= 11 is 8.99. The number of phenolic OH excluding ortho intramolecular Hbond substituents is 1. The van der Waals surface area contributed by atoms with Crippen molar-refractivity contribution in [1.29, 1.82) is 0 Å². The highest BCUT2D eigenvalue weighted by Crippen LogP contribution is 2.40.